The fraction of sp³-hybridized carbons (Fsp3) is 0.600. The SMILES string of the molecule is CN(Cc1ccc(OC2CCN(C(=O)C3CCCCC3)CC2)cc1)Cc1cnn(C)c1. The van der Waals surface area contributed by atoms with Crippen molar-refractivity contribution in [1.82, 2.24) is 19.6 Å². The van der Waals surface area contributed by atoms with Crippen molar-refractivity contribution in [3.8, 4) is 5.75 Å². The maximum absolute atomic E-state index is 12.7. The van der Waals surface area contributed by atoms with Crippen LogP contribution >= 0.6 is 0 Å². The molecule has 2 aliphatic rings. The maximum Gasteiger partial charge on any atom is 0.225 e. The Morgan fingerprint density at radius 1 is 1.03 bits per heavy atom. The van der Waals surface area contributed by atoms with Crippen molar-refractivity contribution in [1.29, 1.82) is 0 Å². The van der Waals surface area contributed by atoms with Crippen molar-refractivity contribution >= 4 is 5.91 Å². The van der Waals surface area contributed by atoms with Crippen molar-refractivity contribution in [3.05, 3.63) is 47.8 Å². The van der Waals surface area contributed by atoms with Crippen molar-refractivity contribution in [2.45, 2.75) is 64.1 Å². The number of carbonyl (C=O) groups is 1. The number of aromatic nitrogens is 2. The van der Waals surface area contributed by atoms with Crippen LogP contribution in [0.1, 0.15) is 56.1 Å². The number of nitrogens with zero attached hydrogens (tertiary/aromatic N) is 4. The molecule has 1 amide bonds. The van der Waals surface area contributed by atoms with E-state index in [1.807, 2.05) is 17.9 Å². The van der Waals surface area contributed by atoms with E-state index in [2.05, 4.69) is 52.4 Å². The summed E-state index contributed by atoms with van der Waals surface area (Å²) in [7, 11) is 4.07. The topological polar surface area (TPSA) is 50.6 Å². The number of hydrogen-bond acceptors (Lipinski definition) is 4. The molecule has 1 aromatic heterocycles. The fourth-order valence-corrected chi connectivity index (χ4v) is 4.90. The molecular formula is C25H36N4O2. The Hall–Kier alpha value is -2.34. The molecule has 1 aliphatic carbocycles. The van der Waals surface area contributed by atoms with Gasteiger partial charge in [0.1, 0.15) is 11.9 Å². The van der Waals surface area contributed by atoms with E-state index in [9.17, 15) is 4.79 Å². The lowest BCUT2D eigenvalue weighted by Gasteiger charge is -2.35. The second-order valence-electron chi connectivity index (χ2n) is 9.32. The van der Waals surface area contributed by atoms with Gasteiger partial charge in [0, 0.05) is 63.7 Å². The van der Waals surface area contributed by atoms with E-state index in [1.165, 1.54) is 30.4 Å². The molecule has 4 rings (SSSR count). The Kier molecular flexibility index (Phi) is 7.28. The van der Waals surface area contributed by atoms with Gasteiger partial charge in [-0.15, -0.1) is 0 Å². The van der Waals surface area contributed by atoms with Crippen molar-refractivity contribution in [2.75, 3.05) is 20.1 Å². The molecule has 1 aliphatic heterocycles. The molecule has 2 fully saturated rings. The quantitative estimate of drug-likeness (QED) is 0.674. The van der Waals surface area contributed by atoms with Crippen molar-refractivity contribution < 1.29 is 9.53 Å². The van der Waals surface area contributed by atoms with Gasteiger partial charge in [0.2, 0.25) is 5.91 Å². The zero-order valence-corrected chi connectivity index (χ0v) is 19.0. The van der Waals surface area contributed by atoms with Gasteiger partial charge < -0.3 is 9.64 Å². The molecule has 6 heteroatoms. The van der Waals surface area contributed by atoms with E-state index < -0.39 is 0 Å². The average Bonchev–Trinajstić information content (AvgIpc) is 3.20. The number of rotatable bonds is 7. The Balaban J connectivity index is 1.21. The van der Waals surface area contributed by atoms with Crippen LogP contribution in [0.15, 0.2) is 36.7 Å². The monoisotopic (exact) mass is 424 g/mol. The highest BCUT2D eigenvalue weighted by Crippen LogP contribution is 2.27. The first-order valence-corrected chi connectivity index (χ1v) is 11.8. The van der Waals surface area contributed by atoms with Gasteiger partial charge >= 0.3 is 0 Å². The smallest absolute Gasteiger partial charge is 0.225 e. The minimum atomic E-state index is 0.203. The Morgan fingerprint density at radius 2 is 1.71 bits per heavy atom. The third-order valence-corrected chi connectivity index (χ3v) is 6.60. The normalized spacial score (nSPS) is 18.5. The van der Waals surface area contributed by atoms with E-state index in [0.29, 0.717) is 5.91 Å². The summed E-state index contributed by atoms with van der Waals surface area (Å²) >= 11 is 0. The summed E-state index contributed by atoms with van der Waals surface area (Å²) in [5, 5.41) is 4.23. The van der Waals surface area contributed by atoms with Gasteiger partial charge in [0.05, 0.1) is 6.20 Å². The van der Waals surface area contributed by atoms with Gasteiger partial charge in [-0.1, -0.05) is 31.4 Å². The number of piperidine rings is 1. The number of benzene rings is 1. The third-order valence-electron chi connectivity index (χ3n) is 6.60. The Labute approximate surface area is 186 Å². The Bertz CT molecular complexity index is 833. The largest absolute Gasteiger partial charge is 0.490 e. The standard InChI is InChI=1S/C25H36N4O2/c1-27(18-21-16-26-28(2)19-21)17-20-8-10-23(11-9-20)31-24-12-14-29(15-13-24)25(30)22-6-4-3-5-7-22/h8-11,16,19,22,24H,3-7,12-15,17-18H2,1-2H3. The highest BCUT2D eigenvalue weighted by Gasteiger charge is 2.29. The lowest BCUT2D eigenvalue weighted by atomic mass is 9.88. The number of hydrogen-bond donors (Lipinski definition) is 0. The summed E-state index contributed by atoms with van der Waals surface area (Å²) in [4.78, 5) is 17.1. The highest BCUT2D eigenvalue weighted by molar-refractivity contribution is 5.79. The molecular weight excluding hydrogens is 388 g/mol. The number of aryl methyl sites for hydroxylation is 1. The zero-order chi connectivity index (χ0) is 21.6. The van der Waals surface area contributed by atoms with Crippen LogP contribution in [-0.4, -0.2) is 51.7 Å². The lowest BCUT2D eigenvalue weighted by Crippen LogP contribution is -2.44. The molecule has 0 bridgehead atoms. The van der Waals surface area contributed by atoms with Crippen molar-refractivity contribution in [3.63, 3.8) is 0 Å². The number of ether oxygens (including phenoxy) is 1. The van der Waals surface area contributed by atoms with E-state index in [4.69, 9.17) is 4.74 Å². The molecule has 1 saturated carbocycles. The molecule has 0 unspecified atom stereocenters. The summed E-state index contributed by atoms with van der Waals surface area (Å²) in [6.07, 6.45) is 11.9. The van der Waals surface area contributed by atoms with E-state index in [1.54, 1.807) is 0 Å². The minimum Gasteiger partial charge on any atom is -0.490 e. The second kappa shape index (κ2) is 10.3. The molecule has 168 valence electrons. The van der Waals surface area contributed by atoms with Gasteiger partial charge in [-0.2, -0.15) is 5.10 Å². The van der Waals surface area contributed by atoms with Crippen LogP contribution in [0.5, 0.6) is 5.75 Å². The molecule has 0 N–H and O–H groups in total. The number of likely N-dealkylation sites (tertiary alicyclic amines) is 1. The van der Waals surface area contributed by atoms with Crippen molar-refractivity contribution in [2.24, 2.45) is 13.0 Å². The molecule has 1 saturated heterocycles. The molecule has 1 aromatic carbocycles. The van der Waals surface area contributed by atoms with Crippen LogP contribution in [0.3, 0.4) is 0 Å². The molecule has 2 heterocycles. The Morgan fingerprint density at radius 3 is 2.35 bits per heavy atom. The fourth-order valence-electron chi connectivity index (χ4n) is 4.90. The van der Waals surface area contributed by atoms with Gasteiger partial charge in [-0.25, -0.2) is 0 Å². The molecule has 2 aromatic rings. The predicted molar refractivity (Wildman–Crippen MR) is 122 cm³/mol. The van der Waals surface area contributed by atoms with E-state index in [-0.39, 0.29) is 12.0 Å². The number of carbonyl (C=O) groups excluding carboxylic acids is 1. The van der Waals surface area contributed by atoms with Crippen LogP contribution in [0.2, 0.25) is 0 Å². The minimum absolute atomic E-state index is 0.203. The summed E-state index contributed by atoms with van der Waals surface area (Å²) in [6, 6.07) is 8.45. The molecule has 6 nitrogen and oxygen atoms in total. The van der Waals surface area contributed by atoms with Crippen LogP contribution < -0.4 is 4.74 Å². The zero-order valence-electron chi connectivity index (χ0n) is 19.0. The molecule has 0 radical (unpaired) electrons. The third kappa shape index (κ3) is 6.10. The summed E-state index contributed by atoms with van der Waals surface area (Å²) < 4.78 is 8.06. The van der Waals surface area contributed by atoms with Gasteiger partial charge in [0.15, 0.2) is 0 Å². The maximum atomic E-state index is 12.7. The summed E-state index contributed by atoms with van der Waals surface area (Å²) in [5.41, 5.74) is 2.49. The predicted octanol–water partition coefficient (Wildman–Crippen LogP) is 4.00. The molecule has 31 heavy (non-hydrogen) atoms. The van der Waals surface area contributed by atoms with Crippen LogP contribution in [0, 0.1) is 5.92 Å². The first-order chi connectivity index (χ1) is 15.1. The van der Waals surface area contributed by atoms with Crippen LogP contribution in [0.25, 0.3) is 0 Å². The molecule has 0 atom stereocenters. The molecule has 0 spiro atoms. The van der Waals surface area contributed by atoms with E-state index in [0.717, 1.165) is 57.6 Å². The first-order valence-electron chi connectivity index (χ1n) is 11.8. The van der Waals surface area contributed by atoms with E-state index >= 15 is 0 Å². The number of amides is 1. The van der Waals surface area contributed by atoms with Gasteiger partial charge in [-0.05, 0) is 37.6 Å². The summed E-state index contributed by atoms with van der Waals surface area (Å²) in [5.74, 6) is 1.59. The van der Waals surface area contributed by atoms with Crippen LogP contribution in [0.4, 0.5) is 0 Å². The van der Waals surface area contributed by atoms with Crippen LogP contribution in [-0.2, 0) is 24.9 Å². The second-order valence-corrected chi connectivity index (χ2v) is 9.32. The van der Waals surface area contributed by atoms with Gasteiger partial charge in [-0.3, -0.25) is 14.4 Å². The summed E-state index contributed by atoms with van der Waals surface area (Å²) in [6.45, 7) is 3.43. The first kappa shape index (κ1) is 21.9. The van der Waals surface area contributed by atoms with Gasteiger partial charge in [0.25, 0.3) is 0 Å². The highest BCUT2D eigenvalue weighted by atomic mass is 16.5. The average molecular weight is 425 g/mol. The lowest BCUT2D eigenvalue weighted by molar-refractivity contribution is -0.138.